The van der Waals surface area contributed by atoms with Crippen LogP contribution in [0.5, 0.6) is 0 Å². The number of nitrogens with one attached hydrogen (secondary N) is 2. The van der Waals surface area contributed by atoms with Gasteiger partial charge in [-0.25, -0.2) is 9.50 Å². The van der Waals surface area contributed by atoms with Crippen LogP contribution in [0.25, 0.3) is 16.6 Å². The Morgan fingerprint density at radius 3 is 2.59 bits per heavy atom. The van der Waals surface area contributed by atoms with E-state index in [4.69, 9.17) is 9.84 Å². The highest BCUT2D eigenvalue weighted by atomic mass is 16.5. The summed E-state index contributed by atoms with van der Waals surface area (Å²) in [6.07, 6.45) is 6.72. The van der Waals surface area contributed by atoms with Crippen LogP contribution < -0.4 is 10.6 Å². The van der Waals surface area contributed by atoms with Crippen molar-refractivity contribution in [3.63, 3.8) is 0 Å². The number of aliphatic hydroxyl groups excluding tert-OH is 1. The zero-order valence-electron chi connectivity index (χ0n) is 20.3. The monoisotopic (exact) mass is 466 g/mol. The molecule has 0 spiro atoms. The average molecular weight is 467 g/mol. The number of aromatic nitrogens is 4. The molecule has 0 radical (unpaired) electrons. The van der Waals surface area contributed by atoms with Crippen molar-refractivity contribution in [1.82, 2.24) is 24.9 Å². The molecule has 3 heterocycles. The summed E-state index contributed by atoms with van der Waals surface area (Å²) in [5.74, 6) is 0.650. The molecule has 3 N–H and O–H groups in total. The van der Waals surface area contributed by atoms with Crippen molar-refractivity contribution >= 4 is 17.4 Å². The summed E-state index contributed by atoms with van der Waals surface area (Å²) in [5.41, 5.74) is 4.24. The molecule has 0 saturated heterocycles. The summed E-state index contributed by atoms with van der Waals surface area (Å²) >= 11 is 0. The van der Waals surface area contributed by atoms with E-state index in [0.29, 0.717) is 24.2 Å². The molecule has 1 aliphatic rings. The Kier molecular flexibility index (Phi) is 7.43. The van der Waals surface area contributed by atoms with Crippen LogP contribution in [-0.4, -0.2) is 62.5 Å². The Morgan fingerprint density at radius 2 is 1.94 bits per heavy atom. The molecule has 1 unspecified atom stereocenters. The molecular weight excluding hydrogens is 432 g/mol. The highest BCUT2D eigenvalue weighted by Crippen LogP contribution is 2.37. The Morgan fingerprint density at radius 1 is 1.18 bits per heavy atom. The SMILES string of the molecule is COCC(C)Nc1ncc2c(-c3ccc(C(=O)NC(C)C)nc3)cc(C3CCC(O)CC3)n2n1. The quantitative estimate of drug-likeness (QED) is 0.466. The number of hydrogen-bond donors (Lipinski definition) is 3. The Bertz CT molecular complexity index is 1120. The molecule has 1 fully saturated rings. The van der Waals surface area contributed by atoms with Gasteiger partial charge < -0.3 is 20.5 Å². The predicted molar refractivity (Wildman–Crippen MR) is 131 cm³/mol. The van der Waals surface area contributed by atoms with Gasteiger partial charge in [-0.2, -0.15) is 0 Å². The van der Waals surface area contributed by atoms with Crippen LogP contribution in [0.15, 0.2) is 30.6 Å². The fourth-order valence-electron chi connectivity index (χ4n) is 4.51. The topological polar surface area (TPSA) is 114 Å². The van der Waals surface area contributed by atoms with Gasteiger partial charge in [0.25, 0.3) is 5.91 Å². The summed E-state index contributed by atoms with van der Waals surface area (Å²) < 4.78 is 7.18. The lowest BCUT2D eigenvalue weighted by Crippen LogP contribution is -2.30. The Labute approximate surface area is 200 Å². The molecule has 3 aromatic heterocycles. The first-order valence-corrected chi connectivity index (χ1v) is 11.9. The van der Waals surface area contributed by atoms with Crippen LogP contribution >= 0.6 is 0 Å². The number of pyridine rings is 1. The maximum Gasteiger partial charge on any atom is 0.270 e. The first kappa shape index (κ1) is 24.1. The van der Waals surface area contributed by atoms with E-state index >= 15 is 0 Å². The van der Waals surface area contributed by atoms with E-state index in [0.717, 1.165) is 48.0 Å². The number of aliphatic hydroxyl groups is 1. The molecule has 9 heteroatoms. The van der Waals surface area contributed by atoms with Crippen molar-refractivity contribution in [3.8, 4) is 11.1 Å². The van der Waals surface area contributed by atoms with Crippen LogP contribution in [0.1, 0.15) is 68.6 Å². The summed E-state index contributed by atoms with van der Waals surface area (Å²) in [7, 11) is 1.67. The van der Waals surface area contributed by atoms with Crippen molar-refractivity contribution in [3.05, 3.63) is 42.0 Å². The van der Waals surface area contributed by atoms with Crippen molar-refractivity contribution in [2.75, 3.05) is 19.0 Å². The fourth-order valence-corrected chi connectivity index (χ4v) is 4.51. The van der Waals surface area contributed by atoms with Crippen LogP contribution in [0.4, 0.5) is 5.95 Å². The van der Waals surface area contributed by atoms with Gasteiger partial charge >= 0.3 is 0 Å². The number of amides is 1. The molecule has 3 aromatic rings. The van der Waals surface area contributed by atoms with Crippen LogP contribution in [0.3, 0.4) is 0 Å². The maximum absolute atomic E-state index is 12.3. The zero-order chi connectivity index (χ0) is 24.2. The number of rotatable bonds is 8. The van der Waals surface area contributed by atoms with Crippen molar-refractivity contribution in [1.29, 1.82) is 0 Å². The number of carbonyl (C=O) groups is 1. The van der Waals surface area contributed by atoms with Crippen molar-refractivity contribution in [2.24, 2.45) is 0 Å². The van der Waals surface area contributed by atoms with Crippen LogP contribution in [0.2, 0.25) is 0 Å². The van der Waals surface area contributed by atoms with Gasteiger partial charge in [0, 0.05) is 48.1 Å². The van der Waals surface area contributed by atoms with Gasteiger partial charge in [-0.3, -0.25) is 9.78 Å². The first-order valence-electron chi connectivity index (χ1n) is 11.9. The minimum atomic E-state index is -0.225. The standard InChI is InChI=1S/C25H34N6O3/c1-15(2)28-24(33)21-10-7-18(12-26-21)20-11-22(17-5-8-19(32)9-6-17)31-23(20)13-27-25(30-31)29-16(3)14-34-4/h7,10-13,15-17,19,32H,5-6,8-9,14H2,1-4H3,(H,28,33)(H,29,30). The van der Waals surface area contributed by atoms with E-state index in [9.17, 15) is 9.90 Å². The Balaban J connectivity index is 1.71. The summed E-state index contributed by atoms with van der Waals surface area (Å²) in [4.78, 5) is 21.2. The molecular formula is C25H34N6O3. The largest absolute Gasteiger partial charge is 0.393 e. The molecule has 1 saturated carbocycles. The van der Waals surface area contributed by atoms with Crippen molar-refractivity contribution < 1.29 is 14.6 Å². The number of hydrogen-bond acceptors (Lipinski definition) is 7. The van der Waals surface area contributed by atoms with E-state index in [1.165, 1.54) is 0 Å². The number of carbonyl (C=O) groups excluding carboxylic acids is 1. The van der Waals surface area contributed by atoms with Gasteiger partial charge in [0.05, 0.1) is 24.4 Å². The summed E-state index contributed by atoms with van der Waals surface area (Å²) in [6, 6.07) is 5.93. The summed E-state index contributed by atoms with van der Waals surface area (Å²) in [6.45, 7) is 6.41. The number of nitrogens with zero attached hydrogens (tertiary/aromatic N) is 4. The number of ether oxygens (including phenoxy) is 1. The lowest BCUT2D eigenvalue weighted by Gasteiger charge is -2.25. The number of methoxy groups -OCH3 is 1. The molecule has 4 rings (SSSR count). The average Bonchev–Trinajstić information content (AvgIpc) is 3.18. The lowest BCUT2D eigenvalue weighted by molar-refractivity contribution is 0.0938. The normalized spacial score (nSPS) is 19.4. The van der Waals surface area contributed by atoms with E-state index in [-0.39, 0.29) is 24.1 Å². The maximum atomic E-state index is 12.3. The second-order valence-electron chi connectivity index (χ2n) is 9.43. The predicted octanol–water partition coefficient (Wildman–Crippen LogP) is 3.39. The molecule has 182 valence electrons. The lowest BCUT2D eigenvalue weighted by atomic mass is 9.85. The highest BCUT2D eigenvalue weighted by molar-refractivity contribution is 5.93. The van der Waals surface area contributed by atoms with E-state index in [1.807, 2.05) is 37.5 Å². The summed E-state index contributed by atoms with van der Waals surface area (Å²) in [5, 5.41) is 21.0. The molecule has 0 aliphatic heterocycles. The van der Waals surface area contributed by atoms with Crippen LogP contribution in [-0.2, 0) is 4.74 Å². The number of fused-ring (bicyclic) bond motifs is 1. The fraction of sp³-hybridized carbons (Fsp3) is 0.520. The van der Waals surface area contributed by atoms with Gasteiger partial charge in [0.2, 0.25) is 5.95 Å². The molecule has 1 atom stereocenters. The smallest absolute Gasteiger partial charge is 0.270 e. The molecule has 1 aliphatic carbocycles. The van der Waals surface area contributed by atoms with E-state index in [1.54, 1.807) is 19.4 Å². The zero-order valence-corrected chi connectivity index (χ0v) is 20.3. The molecule has 1 amide bonds. The highest BCUT2D eigenvalue weighted by Gasteiger charge is 2.26. The second kappa shape index (κ2) is 10.5. The third-order valence-electron chi connectivity index (χ3n) is 6.18. The van der Waals surface area contributed by atoms with E-state index in [2.05, 4.69) is 26.7 Å². The third-order valence-corrected chi connectivity index (χ3v) is 6.18. The molecule has 0 bridgehead atoms. The van der Waals surface area contributed by atoms with Gasteiger partial charge in [-0.1, -0.05) is 6.07 Å². The first-order chi connectivity index (χ1) is 16.4. The Hall–Kier alpha value is -3.04. The number of anilines is 1. The second-order valence-corrected chi connectivity index (χ2v) is 9.43. The van der Waals surface area contributed by atoms with Crippen LogP contribution in [0, 0.1) is 0 Å². The minimum absolute atomic E-state index is 0.0486. The van der Waals surface area contributed by atoms with Gasteiger partial charge in [-0.05, 0) is 58.6 Å². The van der Waals surface area contributed by atoms with Gasteiger partial charge in [0.15, 0.2) is 0 Å². The van der Waals surface area contributed by atoms with E-state index < -0.39 is 0 Å². The van der Waals surface area contributed by atoms with Gasteiger partial charge in [0.1, 0.15) is 5.69 Å². The van der Waals surface area contributed by atoms with Crippen molar-refractivity contribution in [2.45, 2.75) is 70.6 Å². The van der Waals surface area contributed by atoms with Gasteiger partial charge in [-0.15, -0.1) is 5.10 Å². The molecule has 34 heavy (non-hydrogen) atoms. The molecule has 9 nitrogen and oxygen atoms in total. The molecule has 0 aromatic carbocycles. The third kappa shape index (κ3) is 5.37. The minimum Gasteiger partial charge on any atom is -0.393 e.